The molecule has 0 aromatic heterocycles. The first-order valence-corrected chi connectivity index (χ1v) is 9.41. The number of hydrogen-bond donors (Lipinski definition) is 0. The number of nitrogens with zero attached hydrogens (tertiary/aromatic N) is 1. The van der Waals surface area contributed by atoms with E-state index >= 15 is 0 Å². The summed E-state index contributed by atoms with van der Waals surface area (Å²) in [5.41, 5.74) is 4.18. The van der Waals surface area contributed by atoms with Crippen LogP contribution in [0.3, 0.4) is 0 Å². The molecular formula is C8H20KNSi2. The van der Waals surface area contributed by atoms with Crippen molar-refractivity contribution in [3.8, 4) is 0 Å². The fraction of sp³-hybridized carbons (Fsp3) is 0.500. The molecular weight excluding hydrogens is 205 g/mol. The molecule has 0 fully saturated rings. The molecule has 0 spiro atoms. The maximum absolute atomic E-state index is 3.88. The first kappa shape index (κ1) is 16.0. The maximum atomic E-state index is 3.88. The Morgan fingerprint density at radius 3 is 1.67 bits per heavy atom. The molecule has 66 valence electrons. The molecule has 0 aliphatic rings. The second kappa shape index (κ2) is 6.89. The Labute approximate surface area is 122 Å². The van der Waals surface area contributed by atoms with Crippen molar-refractivity contribution >= 4 is 68.6 Å². The zero-order chi connectivity index (χ0) is 9.07. The van der Waals surface area contributed by atoms with Crippen molar-refractivity contribution < 1.29 is 0 Å². The molecule has 0 radical (unpaired) electrons. The zero-order valence-electron chi connectivity index (χ0n) is 8.09. The van der Waals surface area contributed by atoms with Crippen LogP contribution < -0.4 is 0 Å². The van der Waals surface area contributed by atoms with E-state index < -0.39 is 17.2 Å². The van der Waals surface area contributed by atoms with Gasteiger partial charge in [0.15, 0.2) is 8.24 Å². The van der Waals surface area contributed by atoms with Gasteiger partial charge in [-0.05, 0) is 13.6 Å². The SMILES string of the molecule is C=C[Si](C)(C=C)N(C)[SiH](C)C.[KH]. The van der Waals surface area contributed by atoms with E-state index in [1.165, 1.54) is 0 Å². The van der Waals surface area contributed by atoms with Crippen LogP contribution in [-0.4, -0.2) is 79.9 Å². The van der Waals surface area contributed by atoms with Crippen LogP contribution in [0.15, 0.2) is 24.6 Å². The molecule has 0 atom stereocenters. The van der Waals surface area contributed by atoms with Crippen LogP contribution in [0, 0.1) is 0 Å². The van der Waals surface area contributed by atoms with Crippen LogP contribution in [0.1, 0.15) is 0 Å². The van der Waals surface area contributed by atoms with E-state index in [1.54, 1.807) is 0 Å². The van der Waals surface area contributed by atoms with Crippen LogP contribution in [0.4, 0.5) is 0 Å². The van der Waals surface area contributed by atoms with Crippen molar-refractivity contribution in [2.24, 2.45) is 0 Å². The summed E-state index contributed by atoms with van der Waals surface area (Å²) in [4.78, 5) is 0. The molecule has 0 rings (SSSR count). The van der Waals surface area contributed by atoms with Crippen molar-refractivity contribution in [2.45, 2.75) is 19.6 Å². The van der Waals surface area contributed by atoms with Gasteiger partial charge in [0, 0.05) is 0 Å². The van der Waals surface area contributed by atoms with Gasteiger partial charge in [-0.15, -0.1) is 13.2 Å². The van der Waals surface area contributed by atoms with Crippen LogP contribution in [0.5, 0.6) is 0 Å². The molecule has 0 amide bonds. The van der Waals surface area contributed by atoms with Gasteiger partial charge >= 0.3 is 51.4 Å². The number of hydrogen-bond acceptors (Lipinski definition) is 1. The van der Waals surface area contributed by atoms with Gasteiger partial charge in [0.25, 0.3) is 0 Å². The fourth-order valence-corrected chi connectivity index (χ4v) is 6.75. The molecule has 0 aromatic carbocycles. The summed E-state index contributed by atoms with van der Waals surface area (Å²) in [5.74, 6) is 0. The second-order valence-corrected chi connectivity index (χ2v) is 10.8. The van der Waals surface area contributed by atoms with Gasteiger partial charge in [-0.2, -0.15) is 0 Å². The normalized spacial score (nSPS) is 11.2. The summed E-state index contributed by atoms with van der Waals surface area (Å²) < 4.78 is 2.51. The molecule has 0 N–H and O–H groups in total. The van der Waals surface area contributed by atoms with E-state index in [2.05, 4.69) is 55.5 Å². The molecule has 0 heterocycles. The molecule has 12 heavy (non-hydrogen) atoms. The molecule has 1 nitrogen and oxygen atoms in total. The predicted octanol–water partition coefficient (Wildman–Crippen LogP) is 1.28. The Morgan fingerprint density at radius 1 is 1.25 bits per heavy atom. The average molecular weight is 226 g/mol. The van der Waals surface area contributed by atoms with E-state index in [9.17, 15) is 0 Å². The standard InChI is InChI=1S/C8H19NSi2.K.H/c1-7-11(6,8-2)9(3)10(4)5;;/h7-8,10H,1-2H2,3-6H3;;. The van der Waals surface area contributed by atoms with Crippen LogP contribution >= 0.6 is 0 Å². The second-order valence-electron chi connectivity index (χ2n) is 3.34. The topological polar surface area (TPSA) is 3.24 Å². The van der Waals surface area contributed by atoms with E-state index in [1.807, 2.05) is 0 Å². The molecule has 4 heteroatoms. The third-order valence-corrected chi connectivity index (χ3v) is 10.3. The Balaban J connectivity index is 0. The summed E-state index contributed by atoms with van der Waals surface area (Å²) in [6.07, 6.45) is 0. The monoisotopic (exact) mass is 225 g/mol. The van der Waals surface area contributed by atoms with Gasteiger partial charge in [-0.3, -0.25) is 0 Å². The Bertz CT molecular complexity index is 151. The average Bonchev–Trinajstić information content (AvgIpc) is 2.01. The van der Waals surface area contributed by atoms with Gasteiger partial charge < -0.3 is 4.23 Å². The Morgan fingerprint density at radius 2 is 1.58 bits per heavy atom. The van der Waals surface area contributed by atoms with E-state index in [4.69, 9.17) is 0 Å². The third kappa shape index (κ3) is 4.15. The Hall–Kier alpha value is 1.51. The zero-order valence-corrected chi connectivity index (χ0v) is 10.2. The molecule has 0 saturated heterocycles. The molecule has 0 aromatic rings. The summed E-state index contributed by atoms with van der Waals surface area (Å²) >= 11 is 0. The molecule has 0 bridgehead atoms. The third-order valence-electron chi connectivity index (χ3n) is 2.36. The van der Waals surface area contributed by atoms with E-state index in [0.29, 0.717) is 0 Å². The fourth-order valence-electron chi connectivity index (χ4n) is 0.928. The minimum atomic E-state index is -1.44. The van der Waals surface area contributed by atoms with Gasteiger partial charge in [0.2, 0.25) is 0 Å². The molecule has 0 saturated carbocycles. The van der Waals surface area contributed by atoms with E-state index in [-0.39, 0.29) is 51.4 Å². The summed E-state index contributed by atoms with van der Waals surface area (Å²) in [7, 11) is 0.0875. The van der Waals surface area contributed by atoms with Gasteiger partial charge in [-0.1, -0.05) is 24.5 Å². The first-order valence-electron chi connectivity index (χ1n) is 3.98. The van der Waals surface area contributed by atoms with Crippen LogP contribution in [0.2, 0.25) is 19.6 Å². The Kier molecular flexibility index (Phi) is 9.16. The van der Waals surface area contributed by atoms with Gasteiger partial charge in [-0.25, -0.2) is 0 Å². The van der Waals surface area contributed by atoms with Gasteiger partial charge in [0.05, 0.1) is 8.96 Å². The van der Waals surface area contributed by atoms with E-state index in [0.717, 1.165) is 0 Å². The van der Waals surface area contributed by atoms with Crippen molar-refractivity contribution in [2.75, 3.05) is 7.05 Å². The van der Waals surface area contributed by atoms with Crippen LogP contribution in [0.25, 0.3) is 0 Å². The van der Waals surface area contributed by atoms with Crippen molar-refractivity contribution in [3.63, 3.8) is 0 Å². The summed E-state index contributed by atoms with van der Waals surface area (Å²) in [6, 6.07) is 0. The van der Waals surface area contributed by atoms with Crippen LogP contribution in [-0.2, 0) is 0 Å². The molecule has 0 aliphatic carbocycles. The quantitative estimate of drug-likeness (QED) is 0.652. The van der Waals surface area contributed by atoms with Crippen molar-refractivity contribution in [1.29, 1.82) is 0 Å². The predicted molar refractivity (Wildman–Crippen MR) is 65.8 cm³/mol. The minimum absolute atomic E-state index is 0. The summed E-state index contributed by atoms with van der Waals surface area (Å²) in [6.45, 7) is 14.7. The number of rotatable bonds is 4. The first-order chi connectivity index (χ1) is 4.98. The molecule has 0 unspecified atom stereocenters. The molecule has 0 aliphatic heterocycles. The van der Waals surface area contributed by atoms with Crippen molar-refractivity contribution in [3.05, 3.63) is 24.6 Å². The van der Waals surface area contributed by atoms with Gasteiger partial charge in [0.1, 0.15) is 0 Å². The summed E-state index contributed by atoms with van der Waals surface area (Å²) in [5, 5.41) is 0. The van der Waals surface area contributed by atoms with Crippen molar-refractivity contribution in [1.82, 2.24) is 4.23 Å².